The molecule has 0 heterocycles. The van der Waals surface area contributed by atoms with Gasteiger partial charge < -0.3 is 16.0 Å². The Labute approximate surface area is 124 Å². The van der Waals surface area contributed by atoms with E-state index in [1.54, 1.807) is 13.0 Å². The van der Waals surface area contributed by atoms with Crippen LogP contribution in [0.1, 0.15) is 5.56 Å². The van der Waals surface area contributed by atoms with Crippen molar-refractivity contribution in [3.8, 4) is 0 Å². The molecule has 0 aromatic heterocycles. The third kappa shape index (κ3) is 4.65. The van der Waals surface area contributed by atoms with Crippen molar-refractivity contribution in [1.29, 1.82) is 0 Å². The fraction of sp³-hybridized carbons (Fsp3) is 0.231. The van der Waals surface area contributed by atoms with E-state index in [-0.39, 0.29) is 18.1 Å². The van der Waals surface area contributed by atoms with Crippen molar-refractivity contribution < 1.29 is 14.0 Å². The van der Waals surface area contributed by atoms with E-state index in [0.29, 0.717) is 16.6 Å². The summed E-state index contributed by atoms with van der Waals surface area (Å²) in [5.74, 6) is -0.877. The zero-order valence-corrected chi connectivity index (χ0v) is 12.5. The Bertz CT molecular complexity index is 535. The van der Waals surface area contributed by atoms with Gasteiger partial charge in [0.05, 0.1) is 12.2 Å². The summed E-state index contributed by atoms with van der Waals surface area (Å²) >= 11 is 3.19. The summed E-state index contributed by atoms with van der Waals surface area (Å²) in [5.41, 5.74) is 0.446. The van der Waals surface area contributed by atoms with Crippen LogP contribution in [0.2, 0.25) is 0 Å². The van der Waals surface area contributed by atoms with Crippen LogP contribution in [0.5, 0.6) is 0 Å². The Kier molecular flexibility index (Phi) is 6.17. The number of carbonyl (C=O) groups excluding carboxylic acids is 2. The lowest BCUT2D eigenvalue weighted by Gasteiger charge is -2.10. The van der Waals surface area contributed by atoms with E-state index in [4.69, 9.17) is 0 Å². The molecule has 1 rings (SSSR count). The summed E-state index contributed by atoms with van der Waals surface area (Å²) in [4.78, 5) is 22.8. The second kappa shape index (κ2) is 7.64. The molecule has 0 aliphatic carbocycles. The molecular weight excluding hydrogens is 329 g/mol. The molecule has 20 heavy (non-hydrogen) atoms. The molecule has 0 saturated carbocycles. The molecule has 3 amide bonds. The van der Waals surface area contributed by atoms with Crippen molar-refractivity contribution in [1.82, 2.24) is 10.6 Å². The molecule has 0 radical (unpaired) electrons. The minimum Gasteiger partial charge on any atom is -0.351 e. The van der Waals surface area contributed by atoms with Crippen LogP contribution in [0.15, 0.2) is 29.3 Å². The number of hydrogen-bond acceptors (Lipinski definition) is 2. The van der Waals surface area contributed by atoms with Gasteiger partial charge >= 0.3 is 6.03 Å². The Morgan fingerprint density at radius 2 is 2.10 bits per heavy atom. The number of rotatable bonds is 5. The van der Waals surface area contributed by atoms with Crippen molar-refractivity contribution in [2.24, 2.45) is 0 Å². The third-order valence-electron chi connectivity index (χ3n) is 2.42. The SMILES string of the molecule is C=CCNC(=O)CNC(=O)Nc1ccc(Br)c(C)c1F. The van der Waals surface area contributed by atoms with E-state index in [9.17, 15) is 14.0 Å². The quantitative estimate of drug-likeness (QED) is 0.718. The molecule has 1 aromatic rings. The van der Waals surface area contributed by atoms with Gasteiger partial charge in [-0.1, -0.05) is 22.0 Å². The van der Waals surface area contributed by atoms with Gasteiger partial charge in [-0.05, 0) is 19.1 Å². The average molecular weight is 344 g/mol. The lowest BCUT2D eigenvalue weighted by atomic mass is 10.2. The van der Waals surface area contributed by atoms with Crippen LogP contribution < -0.4 is 16.0 Å². The van der Waals surface area contributed by atoms with Crippen molar-refractivity contribution in [2.75, 3.05) is 18.4 Å². The number of anilines is 1. The molecule has 0 bridgehead atoms. The standard InChI is InChI=1S/C13H15BrFN3O2/c1-3-6-16-11(19)7-17-13(20)18-10-5-4-9(14)8(2)12(10)15/h3-5H,1,6-7H2,2H3,(H,16,19)(H2,17,18,20). The molecule has 0 saturated heterocycles. The largest absolute Gasteiger partial charge is 0.351 e. The Balaban J connectivity index is 2.53. The van der Waals surface area contributed by atoms with E-state index in [2.05, 4.69) is 38.5 Å². The predicted octanol–water partition coefficient (Wildman–Crippen LogP) is 2.32. The molecule has 0 aliphatic rings. The summed E-state index contributed by atoms with van der Waals surface area (Å²) in [6, 6.07) is 2.41. The normalized spacial score (nSPS) is 9.75. The molecule has 0 atom stereocenters. The van der Waals surface area contributed by atoms with Crippen molar-refractivity contribution in [3.63, 3.8) is 0 Å². The lowest BCUT2D eigenvalue weighted by Crippen LogP contribution is -2.39. The maximum atomic E-state index is 13.8. The van der Waals surface area contributed by atoms with Crippen molar-refractivity contribution in [2.45, 2.75) is 6.92 Å². The van der Waals surface area contributed by atoms with Gasteiger partial charge in [0, 0.05) is 16.6 Å². The Morgan fingerprint density at radius 1 is 1.40 bits per heavy atom. The molecule has 0 aliphatic heterocycles. The number of hydrogen-bond donors (Lipinski definition) is 3. The van der Waals surface area contributed by atoms with Gasteiger partial charge in [0.2, 0.25) is 5.91 Å². The molecule has 0 fully saturated rings. The van der Waals surface area contributed by atoms with Crippen LogP contribution in [0.25, 0.3) is 0 Å². The summed E-state index contributed by atoms with van der Waals surface area (Å²) in [7, 11) is 0. The smallest absolute Gasteiger partial charge is 0.319 e. The average Bonchev–Trinajstić information content (AvgIpc) is 2.43. The fourth-order valence-electron chi connectivity index (χ4n) is 1.33. The fourth-order valence-corrected chi connectivity index (χ4v) is 1.64. The van der Waals surface area contributed by atoms with E-state index < -0.39 is 11.8 Å². The van der Waals surface area contributed by atoms with Gasteiger partial charge in [0.25, 0.3) is 0 Å². The molecule has 108 valence electrons. The monoisotopic (exact) mass is 343 g/mol. The Morgan fingerprint density at radius 3 is 2.75 bits per heavy atom. The minimum absolute atomic E-state index is 0.0506. The lowest BCUT2D eigenvalue weighted by molar-refractivity contribution is -0.119. The first kappa shape index (κ1) is 16.2. The third-order valence-corrected chi connectivity index (χ3v) is 3.28. The maximum absolute atomic E-state index is 13.8. The zero-order valence-electron chi connectivity index (χ0n) is 10.9. The molecule has 0 unspecified atom stereocenters. The molecule has 0 spiro atoms. The highest BCUT2D eigenvalue weighted by molar-refractivity contribution is 9.10. The summed E-state index contributed by atoms with van der Waals surface area (Å²) < 4.78 is 14.4. The number of carbonyl (C=O) groups is 2. The van der Waals surface area contributed by atoms with Crippen LogP contribution >= 0.6 is 15.9 Å². The second-order valence-electron chi connectivity index (χ2n) is 3.93. The number of nitrogens with one attached hydrogen (secondary N) is 3. The van der Waals surface area contributed by atoms with Crippen molar-refractivity contribution in [3.05, 3.63) is 40.6 Å². The molecule has 7 heteroatoms. The minimum atomic E-state index is -0.653. The van der Waals surface area contributed by atoms with Gasteiger partial charge in [-0.15, -0.1) is 6.58 Å². The molecule has 5 nitrogen and oxygen atoms in total. The predicted molar refractivity (Wildman–Crippen MR) is 79.1 cm³/mol. The first-order valence-electron chi connectivity index (χ1n) is 5.82. The summed E-state index contributed by atoms with van der Waals surface area (Å²) in [6.07, 6.45) is 1.53. The first-order chi connectivity index (χ1) is 9.45. The summed E-state index contributed by atoms with van der Waals surface area (Å²) in [6.45, 7) is 5.16. The Hall–Kier alpha value is -1.89. The van der Waals surface area contributed by atoms with Gasteiger partial charge in [-0.3, -0.25) is 4.79 Å². The molecular formula is C13H15BrFN3O2. The van der Waals surface area contributed by atoms with E-state index in [0.717, 1.165) is 0 Å². The van der Waals surface area contributed by atoms with Crippen LogP contribution in [-0.4, -0.2) is 25.0 Å². The maximum Gasteiger partial charge on any atom is 0.319 e. The van der Waals surface area contributed by atoms with Crippen molar-refractivity contribution >= 4 is 33.6 Å². The van der Waals surface area contributed by atoms with Crippen LogP contribution in [-0.2, 0) is 4.79 Å². The first-order valence-corrected chi connectivity index (χ1v) is 6.62. The highest BCUT2D eigenvalue weighted by atomic mass is 79.9. The highest BCUT2D eigenvalue weighted by Gasteiger charge is 2.11. The van der Waals surface area contributed by atoms with E-state index >= 15 is 0 Å². The topological polar surface area (TPSA) is 70.2 Å². The van der Waals surface area contributed by atoms with Gasteiger partial charge in [-0.25, -0.2) is 9.18 Å². The number of benzene rings is 1. The zero-order chi connectivity index (χ0) is 15.1. The number of amides is 3. The van der Waals surface area contributed by atoms with Gasteiger partial charge in [0.1, 0.15) is 0 Å². The van der Waals surface area contributed by atoms with Crippen LogP contribution in [0.3, 0.4) is 0 Å². The highest BCUT2D eigenvalue weighted by Crippen LogP contribution is 2.24. The number of urea groups is 1. The molecule has 1 aromatic carbocycles. The van der Waals surface area contributed by atoms with Crippen LogP contribution in [0.4, 0.5) is 14.9 Å². The van der Waals surface area contributed by atoms with Gasteiger partial charge in [-0.2, -0.15) is 0 Å². The van der Waals surface area contributed by atoms with Gasteiger partial charge in [0.15, 0.2) is 5.82 Å². The second-order valence-corrected chi connectivity index (χ2v) is 4.79. The van der Waals surface area contributed by atoms with E-state index in [1.807, 2.05) is 0 Å². The number of halogens is 2. The van der Waals surface area contributed by atoms with E-state index in [1.165, 1.54) is 12.1 Å². The van der Waals surface area contributed by atoms with Crippen LogP contribution in [0, 0.1) is 12.7 Å². The summed E-state index contributed by atoms with van der Waals surface area (Å²) in [5, 5.41) is 7.17. The molecule has 3 N–H and O–H groups in total.